The monoisotopic (exact) mass is 390 g/mol. The van der Waals surface area contributed by atoms with Crippen molar-refractivity contribution < 1.29 is 22.9 Å². The molecule has 0 saturated heterocycles. The average molecular weight is 391 g/mol. The summed E-state index contributed by atoms with van der Waals surface area (Å²) >= 11 is 0. The number of nitrogens with one attached hydrogen (secondary N) is 1. The summed E-state index contributed by atoms with van der Waals surface area (Å²) in [5.74, 6) is -0.460. The van der Waals surface area contributed by atoms with Crippen molar-refractivity contribution in [2.24, 2.45) is 5.92 Å². The first-order valence-electron chi connectivity index (χ1n) is 9.64. The second kappa shape index (κ2) is 9.64. The highest BCUT2D eigenvalue weighted by Crippen LogP contribution is 2.30. The van der Waals surface area contributed by atoms with Gasteiger partial charge in [-0.25, -0.2) is 13.1 Å². The van der Waals surface area contributed by atoms with Gasteiger partial charge >= 0.3 is 5.97 Å². The third-order valence-electron chi connectivity index (χ3n) is 5.55. The van der Waals surface area contributed by atoms with Gasteiger partial charge < -0.3 is 4.74 Å². The van der Waals surface area contributed by atoms with Crippen LogP contribution in [0.5, 0.6) is 0 Å². The molecule has 0 bridgehead atoms. The van der Waals surface area contributed by atoms with Crippen molar-refractivity contribution in [1.29, 1.82) is 0 Å². The summed E-state index contributed by atoms with van der Waals surface area (Å²) < 4.78 is 33.0. The van der Waals surface area contributed by atoms with E-state index in [4.69, 9.17) is 4.74 Å². The lowest BCUT2D eigenvalue weighted by Gasteiger charge is -2.29. The van der Waals surface area contributed by atoms with Crippen LogP contribution in [0.4, 0.5) is 0 Å². The number of sulfonamides is 1. The SMILES string of the molecule is CCOC(=O)C(CC1CCC([N+](=O)[O-])CC1)NS(=O)(=O)C1CCCCC1. The Morgan fingerprint density at radius 3 is 2.31 bits per heavy atom. The average Bonchev–Trinajstić information content (AvgIpc) is 2.62. The van der Waals surface area contributed by atoms with E-state index in [0.717, 1.165) is 19.3 Å². The molecule has 0 radical (unpaired) electrons. The van der Waals surface area contributed by atoms with Gasteiger partial charge in [-0.3, -0.25) is 14.9 Å². The molecule has 0 heterocycles. The van der Waals surface area contributed by atoms with Gasteiger partial charge in [-0.2, -0.15) is 0 Å². The van der Waals surface area contributed by atoms with Crippen molar-refractivity contribution in [3.63, 3.8) is 0 Å². The largest absolute Gasteiger partial charge is 0.465 e. The third-order valence-corrected chi connectivity index (χ3v) is 7.51. The van der Waals surface area contributed by atoms with Gasteiger partial charge in [0.05, 0.1) is 11.9 Å². The summed E-state index contributed by atoms with van der Waals surface area (Å²) in [6, 6.07) is -1.43. The minimum atomic E-state index is -3.58. The van der Waals surface area contributed by atoms with Gasteiger partial charge in [0.25, 0.3) is 0 Å². The zero-order valence-electron chi connectivity index (χ0n) is 15.4. The van der Waals surface area contributed by atoms with Gasteiger partial charge in [0.1, 0.15) is 6.04 Å². The lowest BCUT2D eigenvalue weighted by Crippen LogP contribution is -2.47. The molecular formula is C17H30N2O6S. The number of carbonyl (C=O) groups is 1. The highest BCUT2D eigenvalue weighted by molar-refractivity contribution is 7.90. The molecule has 1 atom stereocenters. The molecular weight excluding hydrogens is 360 g/mol. The number of ether oxygens (including phenoxy) is 1. The standard InChI is InChI=1S/C17H30N2O6S/c1-2-25-17(20)16(12-13-8-10-14(11-9-13)19(21)22)18-26(23,24)15-6-4-3-5-7-15/h13-16,18H,2-12H2,1H3. The van der Waals surface area contributed by atoms with Crippen molar-refractivity contribution >= 4 is 16.0 Å². The van der Waals surface area contributed by atoms with E-state index < -0.39 is 33.3 Å². The Hall–Kier alpha value is -1.22. The molecule has 0 amide bonds. The van der Waals surface area contributed by atoms with Crippen molar-refractivity contribution in [3.05, 3.63) is 10.1 Å². The molecule has 0 aromatic heterocycles. The minimum absolute atomic E-state index is 0.0923. The zero-order valence-corrected chi connectivity index (χ0v) is 16.2. The van der Waals surface area contributed by atoms with E-state index in [0.29, 0.717) is 44.9 Å². The summed E-state index contributed by atoms with van der Waals surface area (Å²) in [6.45, 7) is 1.88. The van der Waals surface area contributed by atoms with Gasteiger partial charge in [-0.15, -0.1) is 0 Å². The number of hydrogen-bond acceptors (Lipinski definition) is 6. The molecule has 0 spiro atoms. The molecule has 0 aromatic carbocycles. The lowest BCUT2D eigenvalue weighted by atomic mass is 9.82. The van der Waals surface area contributed by atoms with Crippen LogP contribution in [0.25, 0.3) is 0 Å². The van der Waals surface area contributed by atoms with Crippen LogP contribution in [0.3, 0.4) is 0 Å². The maximum atomic E-state index is 12.7. The summed E-state index contributed by atoms with van der Waals surface area (Å²) in [6.07, 6.45) is 6.63. The number of rotatable bonds is 8. The molecule has 2 fully saturated rings. The van der Waals surface area contributed by atoms with Crippen molar-refractivity contribution in [2.75, 3.05) is 6.61 Å². The molecule has 8 nitrogen and oxygen atoms in total. The highest BCUT2D eigenvalue weighted by Gasteiger charge is 2.36. The smallest absolute Gasteiger partial charge is 0.324 e. The quantitative estimate of drug-likeness (QED) is 0.386. The van der Waals surface area contributed by atoms with Gasteiger partial charge in [0.2, 0.25) is 16.1 Å². The summed E-state index contributed by atoms with van der Waals surface area (Å²) in [5.41, 5.74) is 0. The summed E-state index contributed by atoms with van der Waals surface area (Å²) in [5, 5.41) is 10.4. The van der Waals surface area contributed by atoms with Crippen LogP contribution in [0.1, 0.15) is 71.1 Å². The normalized spacial score (nSPS) is 26.2. The second-order valence-electron chi connectivity index (χ2n) is 7.42. The Bertz CT molecular complexity index is 580. The first-order chi connectivity index (χ1) is 12.3. The number of nitrogens with zero attached hydrogens (tertiary/aromatic N) is 1. The molecule has 2 saturated carbocycles. The number of nitro groups is 1. The molecule has 26 heavy (non-hydrogen) atoms. The second-order valence-corrected chi connectivity index (χ2v) is 9.42. The first kappa shape index (κ1) is 21.1. The van der Waals surface area contributed by atoms with Gasteiger partial charge in [0, 0.05) is 17.8 Å². The van der Waals surface area contributed by atoms with Crippen molar-refractivity contribution in [1.82, 2.24) is 4.72 Å². The third kappa shape index (κ3) is 5.90. The van der Waals surface area contributed by atoms with E-state index >= 15 is 0 Å². The van der Waals surface area contributed by atoms with Crippen LogP contribution < -0.4 is 4.72 Å². The molecule has 1 N–H and O–H groups in total. The fourth-order valence-electron chi connectivity index (χ4n) is 4.03. The number of esters is 1. The molecule has 9 heteroatoms. The molecule has 150 valence electrons. The van der Waals surface area contributed by atoms with E-state index in [9.17, 15) is 23.3 Å². The molecule has 2 aliphatic carbocycles. The Labute approximate surface area is 155 Å². The van der Waals surface area contributed by atoms with E-state index in [1.165, 1.54) is 0 Å². The Morgan fingerprint density at radius 1 is 1.15 bits per heavy atom. The maximum Gasteiger partial charge on any atom is 0.324 e. The first-order valence-corrected chi connectivity index (χ1v) is 11.2. The fraction of sp³-hybridized carbons (Fsp3) is 0.941. The Morgan fingerprint density at radius 2 is 1.77 bits per heavy atom. The van der Waals surface area contributed by atoms with Crippen molar-refractivity contribution in [3.8, 4) is 0 Å². The molecule has 2 rings (SSSR count). The van der Waals surface area contributed by atoms with E-state index in [-0.39, 0.29) is 17.4 Å². The summed E-state index contributed by atoms with van der Waals surface area (Å²) in [7, 11) is -3.58. The van der Waals surface area contributed by atoms with E-state index in [1.807, 2.05) is 0 Å². The molecule has 2 aliphatic rings. The zero-order chi connectivity index (χ0) is 19.2. The highest BCUT2D eigenvalue weighted by atomic mass is 32.2. The van der Waals surface area contributed by atoms with Gasteiger partial charge in [-0.1, -0.05) is 19.3 Å². The van der Waals surface area contributed by atoms with Crippen LogP contribution in [-0.2, 0) is 19.6 Å². The van der Waals surface area contributed by atoms with E-state index in [2.05, 4.69) is 4.72 Å². The molecule has 1 unspecified atom stereocenters. The van der Waals surface area contributed by atoms with Crippen LogP contribution >= 0.6 is 0 Å². The number of carbonyl (C=O) groups excluding carboxylic acids is 1. The van der Waals surface area contributed by atoms with E-state index in [1.54, 1.807) is 6.92 Å². The number of hydrogen-bond donors (Lipinski definition) is 1. The minimum Gasteiger partial charge on any atom is -0.465 e. The van der Waals surface area contributed by atoms with Crippen LogP contribution in [-0.4, -0.2) is 43.3 Å². The predicted molar refractivity (Wildman–Crippen MR) is 96.7 cm³/mol. The lowest BCUT2D eigenvalue weighted by molar-refractivity contribution is -0.527. The maximum absolute atomic E-state index is 12.7. The topological polar surface area (TPSA) is 116 Å². The van der Waals surface area contributed by atoms with Crippen LogP contribution in [0, 0.1) is 16.0 Å². The van der Waals surface area contributed by atoms with Crippen LogP contribution in [0.15, 0.2) is 0 Å². The van der Waals surface area contributed by atoms with Crippen LogP contribution in [0.2, 0.25) is 0 Å². The summed E-state index contributed by atoms with van der Waals surface area (Å²) in [4.78, 5) is 22.9. The Balaban J connectivity index is 1.99. The van der Waals surface area contributed by atoms with Gasteiger partial charge in [-0.05, 0) is 44.9 Å². The van der Waals surface area contributed by atoms with Gasteiger partial charge in [0.15, 0.2) is 0 Å². The Kier molecular flexibility index (Phi) is 7.82. The molecule has 0 aliphatic heterocycles. The predicted octanol–water partition coefficient (Wildman–Crippen LogP) is 2.40. The van der Waals surface area contributed by atoms with Crippen molar-refractivity contribution in [2.45, 2.75) is 88.5 Å². The molecule has 0 aromatic rings. The fourth-order valence-corrected chi connectivity index (χ4v) is 5.77.